The van der Waals surface area contributed by atoms with Crippen molar-refractivity contribution in [3.8, 4) is 0 Å². The number of amides is 2. The molecule has 0 bridgehead atoms. The molecule has 0 fully saturated rings. The number of pyridine rings is 1. The second kappa shape index (κ2) is 7.77. The first-order valence-electron chi connectivity index (χ1n) is 7.01. The van der Waals surface area contributed by atoms with Gasteiger partial charge < -0.3 is 15.2 Å². The molecule has 23 heavy (non-hydrogen) atoms. The maximum Gasteiger partial charge on any atom is 0.254 e. The fourth-order valence-electron chi connectivity index (χ4n) is 1.87. The number of carbonyl (C=O) groups excluding carboxylic acids is 2. The van der Waals surface area contributed by atoms with Crippen molar-refractivity contribution in [1.82, 2.24) is 20.8 Å². The number of aryl methyl sites for hydroxylation is 2. The van der Waals surface area contributed by atoms with Crippen LogP contribution in [-0.4, -0.2) is 35.5 Å². The highest BCUT2D eigenvalue weighted by Crippen LogP contribution is 2.27. The van der Waals surface area contributed by atoms with Crippen molar-refractivity contribution in [2.24, 2.45) is 0 Å². The summed E-state index contributed by atoms with van der Waals surface area (Å²) in [6, 6.07) is 3.37. The standard InChI is InChI=1S/C15H18N4O3S/c1-9-12(10(2)22-19-9)8-23-15-11(5-4-6-17-15)14(21)18-7-13(20)16-3/h4-6H,7-8H2,1-3H3,(H,16,20)(H,18,21). The van der Waals surface area contributed by atoms with E-state index in [1.54, 1.807) is 18.3 Å². The number of nitrogens with one attached hydrogen (secondary N) is 2. The monoisotopic (exact) mass is 334 g/mol. The SMILES string of the molecule is CNC(=O)CNC(=O)c1cccnc1SCc1c(C)noc1C. The van der Waals surface area contributed by atoms with Crippen molar-refractivity contribution < 1.29 is 14.1 Å². The summed E-state index contributed by atoms with van der Waals surface area (Å²) < 4.78 is 5.13. The number of likely N-dealkylation sites (N-methyl/N-ethyl adjacent to an activating group) is 1. The van der Waals surface area contributed by atoms with Gasteiger partial charge in [-0.1, -0.05) is 5.16 Å². The van der Waals surface area contributed by atoms with Crippen LogP contribution in [0.1, 0.15) is 27.4 Å². The van der Waals surface area contributed by atoms with E-state index in [-0.39, 0.29) is 18.4 Å². The number of rotatable bonds is 6. The van der Waals surface area contributed by atoms with Gasteiger partial charge in [-0.25, -0.2) is 4.98 Å². The predicted molar refractivity (Wildman–Crippen MR) is 86.2 cm³/mol. The maximum absolute atomic E-state index is 12.2. The molecule has 0 unspecified atom stereocenters. The van der Waals surface area contributed by atoms with Gasteiger partial charge in [-0.15, -0.1) is 11.8 Å². The third-order valence-electron chi connectivity index (χ3n) is 3.24. The van der Waals surface area contributed by atoms with Crippen LogP contribution in [-0.2, 0) is 10.5 Å². The molecule has 2 rings (SSSR count). The van der Waals surface area contributed by atoms with Crippen molar-refractivity contribution in [3.05, 3.63) is 40.9 Å². The summed E-state index contributed by atoms with van der Waals surface area (Å²) >= 11 is 1.43. The molecule has 0 radical (unpaired) electrons. The summed E-state index contributed by atoms with van der Waals surface area (Å²) in [5.41, 5.74) is 2.27. The zero-order valence-corrected chi connectivity index (χ0v) is 14.0. The van der Waals surface area contributed by atoms with Crippen molar-refractivity contribution >= 4 is 23.6 Å². The van der Waals surface area contributed by atoms with Crippen LogP contribution < -0.4 is 10.6 Å². The normalized spacial score (nSPS) is 10.4. The number of hydrogen-bond donors (Lipinski definition) is 2. The Labute approximate surface area is 138 Å². The van der Waals surface area contributed by atoms with Crippen molar-refractivity contribution in [2.75, 3.05) is 13.6 Å². The molecule has 0 aromatic carbocycles. The molecule has 2 N–H and O–H groups in total. The van der Waals surface area contributed by atoms with Gasteiger partial charge in [-0.3, -0.25) is 9.59 Å². The van der Waals surface area contributed by atoms with Crippen molar-refractivity contribution in [1.29, 1.82) is 0 Å². The second-order valence-electron chi connectivity index (χ2n) is 4.80. The van der Waals surface area contributed by atoms with E-state index in [1.165, 1.54) is 18.8 Å². The predicted octanol–water partition coefficient (Wildman–Crippen LogP) is 1.45. The molecule has 2 aromatic rings. The highest BCUT2D eigenvalue weighted by molar-refractivity contribution is 7.98. The van der Waals surface area contributed by atoms with Gasteiger partial charge >= 0.3 is 0 Å². The third kappa shape index (κ3) is 4.32. The van der Waals surface area contributed by atoms with E-state index in [9.17, 15) is 9.59 Å². The van der Waals surface area contributed by atoms with Crippen LogP contribution in [0.4, 0.5) is 0 Å². The van der Waals surface area contributed by atoms with Crippen LogP contribution in [0.5, 0.6) is 0 Å². The number of thioether (sulfide) groups is 1. The average Bonchev–Trinajstić information content (AvgIpc) is 2.89. The molecule has 2 heterocycles. The Balaban J connectivity index is 2.08. The Hall–Kier alpha value is -2.35. The zero-order valence-electron chi connectivity index (χ0n) is 13.2. The highest BCUT2D eigenvalue weighted by atomic mass is 32.2. The molecule has 0 saturated carbocycles. The molecular formula is C15H18N4O3S. The quantitative estimate of drug-likeness (QED) is 0.776. The highest BCUT2D eigenvalue weighted by Gasteiger charge is 2.15. The van der Waals surface area contributed by atoms with E-state index in [4.69, 9.17) is 4.52 Å². The lowest BCUT2D eigenvalue weighted by Gasteiger charge is -2.08. The van der Waals surface area contributed by atoms with E-state index in [2.05, 4.69) is 20.8 Å². The van der Waals surface area contributed by atoms with Crippen LogP contribution in [0.15, 0.2) is 27.9 Å². The smallest absolute Gasteiger partial charge is 0.254 e. The Morgan fingerprint density at radius 3 is 2.78 bits per heavy atom. The fraction of sp³-hybridized carbons (Fsp3) is 0.333. The van der Waals surface area contributed by atoms with Crippen LogP contribution in [0, 0.1) is 13.8 Å². The van der Waals surface area contributed by atoms with Gasteiger partial charge in [0.15, 0.2) is 0 Å². The summed E-state index contributed by atoms with van der Waals surface area (Å²) in [6.07, 6.45) is 1.63. The van der Waals surface area contributed by atoms with Gasteiger partial charge in [-0.05, 0) is 26.0 Å². The molecule has 0 atom stereocenters. The van der Waals surface area contributed by atoms with E-state index >= 15 is 0 Å². The van der Waals surface area contributed by atoms with Gasteiger partial charge in [0.1, 0.15) is 10.8 Å². The third-order valence-corrected chi connectivity index (χ3v) is 4.27. The molecule has 0 aliphatic heterocycles. The molecule has 122 valence electrons. The Morgan fingerprint density at radius 2 is 2.13 bits per heavy atom. The van der Waals surface area contributed by atoms with E-state index < -0.39 is 0 Å². The molecular weight excluding hydrogens is 316 g/mol. The molecule has 0 aliphatic carbocycles. The number of aromatic nitrogens is 2. The van der Waals surface area contributed by atoms with Gasteiger partial charge in [0.25, 0.3) is 5.91 Å². The van der Waals surface area contributed by atoms with Crippen molar-refractivity contribution in [3.63, 3.8) is 0 Å². The second-order valence-corrected chi connectivity index (χ2v) is 5.77. The first-order chi connectivity index (χ1) is 11.0. The maximum atomic E-state index is 12.2. The average molecular weight is 334 g/mol. The topological polar surface area (TPSA) is 97.1 Å². The molecule has 0 spiro atoms. The van der Waals surface area contributed by atoms with Crippen LogP contribution >= 0.6 is 11.8 Å². The van der Waals surface area contributed by atoms with Crippen LogP contribution in [0.2, 0.25) is 0 Å². The molecule has 2 aromatic heterocycles. The largest absolute Gasteiger partial charge is 0.361 e. The zero-order chi connectivity index (χ0) is 16.8. The van der Waals surface area contributed by atoms with E-state index in [0.29, 0.717) is 16.3 Å². The minimum Gasteiger partial charge on any atom is -0.361 e. The summed E-state index contributed by atoms with van der Waals surface area (Å²) in [7, 11) is 1.52. The van der Waals surface area contributed by atoms with Gasteiger partial charge in [0, 0.05) is 24.6 Å². The summed E-state index contributed by atoms with van der Waals surface area (Å²) in [5.74, 6) is 0.778. The Morgan fingerprint density at radius 1 is 1.35 bits per heavy atom. The summed E-state index contributed by atoms with van der Waals surface area (Å²) in [6.45, 7) is 3.66. The molecule has 2 amide bonds. The van der Waals surface area contributed by atoms with Gasteiger partial charge in [0.05, 0.1) is 17.8 Å². The molecule has 8 heteroatoms. The Bertz CT molecular complexity index is 695. The van der Waals surface area contributed by atoms with E-state index in [0.717, 1.165) is 17.0 Å². The van der Waals surface area contributed by atoms with Crippen LogP contribution in [0.3, 0.4) is 0 Å². The van der Waals surface area contributed by atoms with E-state index in [1.807, 2.05) is 13.8 Å². The molecule has 0 saturated heterocycles. The minimum absolute atomic E-state index is 0.0712. The number of hydrogen-bond acceptors (Lipinski definition) is 6. The summed E-state index contributed by atoms with van der Waals surface area (Å²) in [4.78, 5) is 27.7. The number of nitrogens with zero attached hydrogens (tertiary/aromatic N) is 2. The van der Waals surface area contributed by atoms with Gasteiger partial charge in [-0.2, -0.15) is 0 Å². The Kier molecular flexibility index (Phi) is 5.75. The van der Waals surface area contributed by atoms with Gasteiger partial charge in [0.2, 0.25) is 5.91 Å². The lowest BCUT2D eigenvalue weighted by atomic mass is 10.2. The van der Waals surface area contributed by atoms with Crippen LogP contribution in [0.25, 0.3) is 0 Å². The number of carbonyl (C=O) groups is 2. The minimum atomic E-state index is -0.331. The lowest BCUT2D eigenvalue weighted by Crippen LogP contribution is -2.35. The lowest BCUT2D eigenvalue weighted by molar-refractivity contribution is -0.119. The fourth-order valence-corrected chi connectivity index (χ4v) is 3.02. The van der Waals surface area contributed by atoms with Crippen molar-refractivity contribution in [2.45, 2.75) is 24.6 Å². The first-order valence-corrected chi connectivity index (χ1v) is 7.99. The molecule has 7 nitrogen and oxygen atoms in total. The summed E-state index contributed by atoms with van der Waals surface area (Å²) in [5, 5.41) is 9.53. The molecule has 0 aliphatic rings. The first kappa shape index (κ1) is 17.0.